The molecule has 0 fully saturated rings. The number of hydrazone groups is 1. The number of halogens is 1. The van der Waals surface area contributed by atoms with E-state index in [2.05, 4.69) is 101 Å². The Balaban J connectivity index is 1.61. The molecule has 4 nitrogen and oxygen atoms in total. The number of nitrogens with one attached hydrogen (secondary N) is 1. The number of nitrogens with zero attached hydrogens (tertiary/aromatic N) is 3. The van der Waals surface area contributed by atoms with Crippen LogP contribution >= 0.6 is 28.1 Å². The zero-order chi connectivity index (χ0) is 21.8. The van der Waals surface area contributed by atoms with E-state index in [1.54, 1.807) is 0 Å². The molecule has 1 aliphatic rings. The molecule has 0 unspecified atom stereocenters. The fourth-order valence-corrected chi connectivity index (χ4v) is 4.14. The lowest BCUT2D eigenvalue weighted by Gasteiger charge is -2.25. The van der Waals surface area contributed by atoms with Crippen LogP contribution in [-0.2, 0) is 6.54 Å². The van der Waals surface area contributed by atoms with E-state index in [4.69, 9.17) is 17.3 Å². The molecule has 31 heavy (non-hydrogen) atoms. The van der Waals surface area contributed by atoms with Crippen LogP contribution in [0.3, 0.4) is 0 Å². The largest absolute Gasteiger partial charge is 0.378 e. The molecule has 0 aliphatic carbocycles. The first-order chi connectivity index (χ1) is 15.0. The number of thiocarbonyl (C=S) groups is 1. The van der Waals surface area contributed by atoms with Gasteiger partial charge in [-0.15, -0.1) is 0 Å². The van der Waals surface area contributed by atoms with Crippen molar-refractivity contribution in [2.75, 3.05) is 19.0 Å². The maximum atomic E-state index is 5.78. The van der Waals surface area contributed by atoms with E-state index in [1.165, 1.54) is 11.1 Å². The Hall–Kier alpha value is -2.70. The summed E-state index contributed by atoms with van der Waals surface area (Å²) >= 11 is 9.31. The van der Waals surface area contributed by atoms with Crippen molar-refractivity contribution in [3.05, 3.63) is 100 Å². The molecule has 158 valence electrons. The Morgan fingerprint density at radius 3 is 2.52 bits per heavy atom. The topological polar surface area (TPSA) is 30.9 Å². The van der Waals surface area contributed by atoms with Gasteiger partial charge in [0.15, 0.2) is 5.11 Å². The van der Waals surface area contributed by atoms with Crippen molar-refractivity contribution in [2.24, 2.45) is 5.10 Å². The first kappa shape index (κ1) is 21.5. The normalized spacial score (nSPS) is 15.5. The Kier molecular flexibility index (Phi) is 6.68. The molecule has 0 amide bonds. The molecule has 0 aromatic heterocycles. The van der Waals surface area contributed by atoms with Gasteiger partial charge in [-0.25, -0.2) is 5.01 Å². The summed E-state index contributed by atoms with van der Waals surface area (Å²) in [5, 5.41) is 10.9. The highest BCUT2D eigenvalue weighted by Gasteiger charge is 2.31. The van der Waals surface area contributed by atoms with E-state index in [9.17, 15) is 0 Å². The van der Waals surface area contributed by atoms with Gasteiger partial charge < -0.3 is 10.2 Å². The summed E-state index contributed by atoms with van der Waals surface area (Å²) in [5.41, 5.74) is 5.70. The van der Waals surface area contributed by atoms with Crippen molar-refractivity contribution in [1.82, 2.24) is 10.3 Å². The van der Waals surface area contributed by atoms with Crippen molar-refractivity contribution >= 4 is 44.7 Å². The van der Waals surface area contributed by atoms with E-state index in [-0.39, 0.29) is 6.04 Å². The third kappa shape index (κ3) is 5.14. The highest BCUT2D eigenvalue weighted by atomic mass is 79.9. The van der Waals surface area contributed by atoms with Crippen LogP contribution in [0.1, 0.15) is 29.2 Å². The number of hydrogen-bond acceptors (Lipinski definition) is 3. The molecule has 3 aromatic rings. The van der Waals surface area contributed by atoms with Crippen molar-refractivity contribution in [2.45, 2.75) is 19.0 Å². The van der Waals surface area contributed by atoms with Gasteiger partial charge in [-0.05, 0) is 53.2 Å². The second kappa shape index (κ2) is 9.62. The monoisotopic (exact) mass is 492 g/mol. The zero-order valence-electron chi connectivity index (χ0n) is 17.6. The van der Waals surface area contributed by atoms with Crippen molar-refractivity contribution in [3.8, 4) is 0 Å². The van der Waals surface area contributed by atoms with Crippen LogP contribution in [0.15, 0.2) is 88.4 Å². The standard InChI is InChI=1S/C25H25BrN4S/c1-29(2)22-10-6-9-20(15-22)23-16-24(19-11-13-21(26)14-12-19)30(28-23)25(31)27-17-18-7-4-3-5-8-18/h3-15,24H,16-17H2,1-2H3,(H,27,31)/t24-/m1/s1. The van der Waals surface area contributed by atoms with Gasteiger partial charge in [0.05, 0.1) is 11.8 Å². The van der Waals surface area contributed by atoms with Crippen molar-refractivity contribution in [3.63, 3.8) is 0 Å². The van der Waals surface area contributed by atoms with E-state index < -0.39 is 0 Å². The predicted octanol–water partition coefficient (Wildman–Crippen LogP) is 5.74. The molecule has 0 spiro atoms. The molecule has 0 radical (unpaired) electrons. The lowest BCUT2D eigenvalue weighted by molar-refractivity contribution is 0.364. The highest BCUT2D eigenvalue weighted by Crippen LogP contribution is 2.34. The molecule has 6 heteroatoms. The van der Waals surface area contributed by atoms with Gasteiger partial charge in [0, 0.05) is 37.2 Å². The number of anilines is 1. The van der Waals surface area contributed by atoms with E-state index in [0.29, 0.717) is 11.7 Å². The SMILES string of the molecule is CN(C)c1cccc(C2=NN(C(=S)NCc3ccccc3)[C@@H](c3ccc(Br)cc3)C2)c1. The molecule has 0 bridgehead atoms. The molecule has 1 atom stereocenters. The second-order valence-electron chi connectivity index (χ2n) is 7.75. The summed E-state index contributed by atoms with van der Waals surface area (Å²) in [6.07, 6.45) is 0.797. The van der Waals surface area contributed by atoms with Crippen LogP contribution in [-0.4, -0.2) is 29.9 Å². The molecule has 1 aliphatic heterocycles. The summed E-state index contributed by atoms with van der Waals surface area (Å²) in [5.74, 6) is 0. The van der Waals surface area contributed by atoms with Gasteiger partial charge in [-0.2, -0.15) is 5.10 Å². The third-order valence-corrected chi connectivity index (χ3v) is 6.22. The third-order valence-electron chi connectivity index (χ3n) is 5.36. The Morgan fingerprint density at radius 2 is 1.81 bits per heavy atom. The minimum Gasteiger partial charge on any atom is -0.378 e. The van der Waals surface area contributed by atoms with Crippen molar-refractivity contribution < 1.29 is 0 Å². The minimum atomic E-state index is 0.0573. The summed E-state index contributed by atoms with van der Waals surface area (Å²) in [6.45, 7) is 0.671. The predicted molar refractivity (Wildman–Crippen MR) is 137 cm³/mol. The Bertz CT molecular complexity index is 1080. The quantitative estimate of drug-likeness (QED) is 0.460. The second-order valence-corrected chi connectivity index (χ2v) is 9.05. The minimum absolute atomic E-state index is 0.0573. The molecule has 4 rings (SSSR count). The van der Waals surface area contributed by atoms with Gasteiger partial charge >= 0.3 is 0 Å². The maximum Gasteiger partial charge on any atom is 0.190 e. The molecule has 1 heterocycles. The van der Waals surface area contributed by atoms with Crippen LogP contribution < -0.4 is 10.2 Å². The highest BCUT2D eigenvalue weighted by molar-refractivity contribution is 9.10. The fraction of sp³-hybridized carbons (Fsp3) is 0.200. The summed E-state index contributed by atoms with van der Waals surface area (Å²) < 4.78 is 1.06. The average molecular weight is 493 g/mol. The van der Waals surface area contributed by atoms with Gasteiger partial charge in [0.25, 0.3) is 0 Å². The van der Waals surface area contributed by atoms with Gasteiger partial charge in [-0.3, -0.25) is 0 Å². The van der Waals surface area contributed by atoms with Gasteiger partial charge in [0.1, 0.15) is 0 Å². The summed E-state index contributed by atoms with van der Waals surface area (Å²) in [7, 11) is 4.10. The number of benzene rings is 3. The van der Waals surface area contributed by atoms with E-state index in [1.807, 2.05) is 23.2 Å². The molecular weight excluding hydrogens is 468 g/mol. The summed E-state index contributed by atoms with van der Waals surface area (Å²) in [4.78, 5) is 2.11. The molecular formula is C25H25BrN4S. The maximum absolute atomic E-state index is 5.78. The number of rotatable bonds is 5. The van der Waals surface area contributed by atoms with E-state index >= 15 is 0 Å². The first-order valence-corrected chi connectivity index (χ1v) is 11.4. The molecule has 0 saturated carbocycles. The first-order valence-electron chi connectivity index (χ1n) is 10.2. The van der Waals surface area contributed by atoms with Crippen LogP contribution in [0, 0.1) is 0 Å². The smallest absolute Gasteiger partial charge is 0.190 e. The van der Waals surface area contributed by atoms with Gasteiger partial charge in [0.2, 0.25) is 0 Å². The molecule has 1 N–H and O–H groups in total. The van der Waals surface area contributed by atoms with Crippen LogP contribution in [0.2, 0.25) is 0 Å². The molecule has 0 saturated heterocycles. The fourth-order valence-electron chi connectivity index (χ4n) is 3.63. The van der Waals surface area contributed by atoms with E-state index in [0.717, 1.165) is 27.9 Å². The van der Waals surface area contributed by atoms with Crippen molar-refractivity contribution in [1.29, 1.82) is 0 Å². The Labute approximate surface area is 197 Å². The summed E-state index contributed by atoms with van der Waals surface area (Å²) in [6, 6.07) is 27.2. The number of hydrogen-bond donors (Lipinski definition) is 1. The van der Waals surface area contributed by atoms with Crippen LogP contribution in [0.4, 0.5) is 5.69 Å². The average Bonchev–Trinajstić information content (AvgIpc) is 3.24. The van der Waals surface area contributed by atoms with Gasteiger partial charge in [-0.1, -0.05) is 70.5 Å². The zero-order valence-corrected chi connectivity index (χ0v) is 20.0. The lowest BCUT2D eigenvalue weighted by Crippen LogP contribution is -2.36. The lowest BCUT2D eigenvalue weighted by atomic mass is 9.98. The molecule has 3 aromatic carbocycles. The Morgan fingerprint density at radius 1 is 1.06 bits per heavy atom. The van der Waals surface area contributed by atoms with Crippen LogP contribution in [0.5, 0.6) is 0 Å². The van der Waals surface area contributed by atoms with Crippen LogP contribution in [0.25, 0.3) is 0 Å².